The number of rotatable bonds is 7. The molecule has 1 unspecified atom stereocenters. The predicted octanol–water partition coefficient (Wildman–Crippen LogP) is 0.732. The molecule has 0 amide bonds. The van der Waals surface area contributed by atoms with Crippen LogP contribution in [0.5, 0.6) is 0 Å². The number of hydrogen-bond donors (Lipinski definition) is 3. The van der Waals surface area contributed by atoms with Crippen LogP contribution in [0.2, 0.25) is 0 Å². The molecule has 20 heavy (non-hydrogen) atoms. The Balaban J connectivity index is 2.58. The Morgan fingerprint density at radius 3 is 2.25 bits per heavy atom. The molecule has 0 aliphatic carbocycles. The van der Waals surface area contributed by atoms with Gasteiger partial charge in [-0.15, -0.1) is 0 Å². The molecule has 0 spiro atoms. The van der Waals surface area contributed by atoms with E-state index in [0.29, 0.717) is 18.7 Å². The Hall–Kier alpha value is -0.950. The third-order valence-electron chi connectivity index (χ3n) is 3.06. The molecule has 0 saturated carbocycles. The largest absolute Gasteiger partial charge is 0.396 e. The molecule has 0 fully saturated rings. The third-order valence-corrected chi connectivity index (χ3v) is 4.19. The molecule has 0 heterocycles. The maximum Gasteiger partial charge on any atom is 0.175 e. The molecule has 1 atom stereocenters. The zero-order valence-electron chi connectivity index (χ0n) is 12.1. The van der Waals surface area contributed by atoms with Crippen molar-refractivity contribution < 1.29 is 18.6 Å². The van der Waals surface area contributed by atoms with Crippen LogP contribution >= 0.6 is 0 Å². The number of aliphatic hydroxyl groups is 2. The fraction of sp³-hybridized carbons (Fsp3) is 0.571. The van der Waals surface area contributed by atoms with Gasteiger partial charge in [-0.25, -0.2) is 8.42 Å². The molecule has 114 valence electrons. The molecular formula is C14H23NO4S. The lowest BCUT2D eigenvalue weighted by Crippen LogP contribution is -2.34. The number of benzene rings is 1. The minimum Gasteiger partial charge on any atom is -0.396 e. The molecule has 1 aromatic carbocycles. The van der Waals surface area contributed by atoms with Crippen LogP contribution in [0, 0.1) is 5.41 Å². The summed E-state index contributed by atoms with van der Waals surface area (Å²) in [5.74, 6) is 0. The van der Waals surface area contributed by atoms with E-state index in [4.69, 9.17) is 5.11 Å². The quantitative estimate of drug-likeness (QED) is 0.691. The molecule has 3 N–H and O–H groups in total. The van der Waals surface area contributed by atoms with Crippen molar-refractivity contribution in [1.82, 2.24) is 5.32 Å². The maximum absolute atomic E-state index is 11.3. The first-order valence-corrected chi connectivity index (χ1v) is 8.34. The van der Waals surface area contributed by atoms with E-state index in [1.807, 2.05) is 13.8 Å². The predicted molar refractivity (Wildman–Crippen MR) is 78.2 cm³/mol. The van der Waals surface area contributed by atoms with Gasteiger partial charge < -0.3 is 15.5 Å². The van der Waals surface area contributed by atoms with Crippen molar-refractivity contribution >= 4 is 9.84 Å². The van der Waals surface area contributed by atoms with E-state index in [1.165, 1.54) is 12.1 Å². The van der Waals surface area contributed by atoms with E-state index < -0.39 is 15.9 Å². The Labute approximate surface area is 120 Å². The second kappa shape index (κ2) is 6.67. The lowest BCUT2D eigenvalue weighted by atomic mass is 9.95. The highest BCUT2D eigenvalue weighted by atomic mass is 32.2. The van der Waals surface area contributed by atoms with E-state index >= 15 is 0 Å². The van der Waals surface area contributed by atoms with Gasteiger partial charge in [0.05, 0.1) is 11.0 Å². The summed E-state index contributed by atoms with van der Waals surface area (Å²) in [6.07, 6.45) is 0.440. The van der Waals surface area contributed by atoms with Crippen LogP contribution in [-0.4, -0.2) is 44.6 Å². The maximum atomic E-state index is 11.3. The monoisotopic (exact) mass is 301 g/mol. The Bertz CT molecular complexity index is 523. The minimum atomic E-state index is -3.21. The second-order valence-electron chi connectivity index (χ2n) is 5.81. The van der Waals surface area contributed by atoms with Gasteiger partial charge >= 0.3 is 0 Å². The van der Waals surface area contributed by atoms with Gasteiger partial charge in [0.25, 0.3) is 0 Å². The van der Waals surface area contributed by atoms with Gasteiger partial charge in [0.1, 0.15) is 0 Å². The van der Waals surface area contributed by atoms with Crippen molar-refractivity contribution in [3.63, 3.8) is 0 Å². The van der Waals surface area contributed by atoms with Crippen LogP contribution < -0.4 is 5.32 Å². The van der Waals surface area contributed by atoms with Crippen molar-refractivity contribution in [3.05, 3.63) is 29.8 Å². The Morgan fingerprint density at radius 1 is 1.25 bits per heavy atom. The molecule has 0 aliphatic rings. The van der Waals surface area contributed by atoms with Crippen LogP contribution in [0.1, 0.15) is 25.5 Å². The lowest BCUT2D eigenvalue weighted by molar-refractivity contribution is 0.138. The Morgan fingerprint density at radius 2 is 1.80 bits per heavy atom. The number of hydrogen-bond acceptors (Lipinski definition) is 5. The number of aliphatic hydroxyl groups excluding tert-OH is 2. The fourth-order valence-corrected chi connectivity index (χ4v) is 2.29. The summed E-state index contributed by atoms with van der Waals surface area (Å²) in [5.41, 5.74) is 0.423. The summed E-state index contributed by atoms with van der Waals surface area (Å²) in [5, 5.41) is 22.2. The molecular weight excluding hydrogens is 278 g/mol. The third kappa shape index (κ3) is 5.20. The van der Waals surface area contributed by atoms with Gasteiger partial charge in [-0.3, -0.25) is 0 Å². The smallest absolute Gasteiger partial charge is 0.175 e. The number of sulfone groups is 1. The van der Waals surface area contributed by atoms with Gasteiger partial charge in [-0.1, -0.05) is 26.0 Å². The van der Waals surface area contributed by atoms with E-state index in [-0.39, 0.29) is 16.9 Å². The standard InChI is InChI=1S/C14H23NO4S/c1-14(2,10-16)9-15-8-13(17)11-4-6-12(7-5-11)20(3,18)19/h4-7,13,15-17H,8-10H2,1-3H3. The molecule has 5 nitrogen and oxygen atoms in total. The zero-order valence-corrected chi connectivity index (χ0v) is 12.9. The van der Waals surface area contributed by atoms with E-state index in [0.717, 1.165) is 6.26 Å². The van der Waals surface area contributed by atoms with Crippen molar-refractivity contribution in [1.29, 1.82) is 0 Å². The van der Waals surface area contributed by atoms with Crippen LogP contribution in [0.4, 0.5) is 0 Å². The van der Waals surface area contributed by atoms with Gasteiger partial charge in [-0.05, 0) is 17.7 Å². The second-order valence-corrected chi connectivity index (χ2v) is 7.83. The highest BCUT2D eigenvalue weighted by molar-refractivity contribution is 7.90. The first-order chi connectivity index (χ1) is 9.15. The van der Waals surface area contributed by atoms with Gasteiger partial charge in [-0.2, -0.15) is 0 Å². The lowest BCUT2D eigenvalue weighted by Gasteiger charge is -2.23. The molecule has 1 rings (SSSR count). The highest BCUT2D eigenvalue weighted by Crippen LogP contribution is 2.17. The van der Waals surface area contributed by atoms with Crippen molar-refractivity contribution in [2.45, 2.75) is 24.8 Å². The van der Waals surface area contributed by atoms with Crippen molar-refractivity contribution in [2.24, 2.45) is 5.41 Å². The summed E-state index contributed by atoms with van der Waals surface area (Å²) in [4.78, 5) is 0.239. The van der Waals surface area contributed by atoms with Crippen LogP contribution in [0.3, 0.4) is 0 Å². The van der Waals surface area contributed by atoms with E-state index in [9.17, 15) is 13.5 Å². The minimum absolute atomic E-state index is 0.0686. The average Bonchev–Trinajstić information content (AvgIpc) is 2.37. The molecule has 0 aromatic heterocycles. The molecule has 0 saturated heterocycles. The Kier molecular flexibility index (Phi) is 5.70. The summed E-state index contributed by atoms with van der Waals surface area (Å²) < 4.78 is 22.7. The van der Waals surface area contributed by atoms with E-state index in [2.05, 4.69) is 5.32 Å². The normalized spacial score (nSPS) is 14.2. The first kappa shape index (κ1) is 17.1. The summed E-state index contributed by atoms with van der Waals surface area (Å²) in [7, 11) is -3.21. The van der Waals surface area contributed by atoms with Crippen LogP contribution in [0.15, 0.2) is 29.2 Å². The molecule has 1 aromatic rings. The van der Waals surface area contributed by atoms with Gasteiger partial charge in [0, 0.05) is 31.4 Å². The molecule has 6 heteroatoms. The van der Waals surface area contributed by atoms with Gasteiger partial charge in [0.2, 0.25) is 0 Å². The average molecular weight is 301 g/mol. The highest BCUT2D eigenvalue weighted by Gasteiger charge is 2.17. The van der Waals surface area contributed by atoms with E-state index in [1.54, 1.807) is 12.1 Å². The first-order valence-electron chi connectivity index (χ1n) is 6.45. The van der Waals surface area contributed by atoms with Crippen LogP contribution in [0.25, 0.3) is 0 Å². The van der Waals surface area contributed by atoms with Crippen molar-refractivity contribution in [3.8, 4) is 0 Å². The summed E-state index contributed by atoms with van der Waals surface area (Å²) in [6.45, 7) is 4.85. The van der Waals surface area contributed by atoms with Crippen molar-refractivity contribution in [2.75, 3.05) is 26.0 Å². The SMILES string of the molecule is CC(C)(CO)CNCC(O)c1ccc(S(C)(=O)=O)cc1. The molecule has 0 aliphatic heterocycles. The number of nitrogens with one attached hydrogen (secondary N) is 1. The van der Waals surface area contributed by atoms with Crippen LogP contribution in [-0.2, 0) is 9.84 Å². The summed E-state index contributed by atoms with van der Waals surface area (Å²) in [6, 6.07) is 6.21. The topological polar surface area (TPSA) is 86.6 Å². The van der Waals surface area contributed by atoms with Gasteiger partial charge in [0.15, 0.2) is 9.84 Å². The zero-order chi connectivity index (χ0) is 15.4. The fourth-order valence-electron chi connectivity index (χ4n) is 1.66. The molecule has 0 bridgehead atoms. The summed E-state index contributed by atoms with van der Waals surface area (Å²) >= 11 is 0. The molecule has 0 radical (unpaired) electrons.